The Kier molecular flexibility index (Phi) is 5.78. The minimum Gasteiger partial charge on any atom is -0.404 e. The number of hydrogen-bond donors (Lipinski definition) is 2. The van der Waals surface area contributed by atoms with Crippen molar-refractivity contribution in [2.24, 2.45) is 0 Å². The van der Waals surface area contributed by atoms with E-state index < -0.39 is 27.0 Å². The summed E-state index contributed by atoms with van der Waals surface area (Å²) in [5.41, 5.74) is 0. The van der Waals surface area contributed by atoms with Crippen LogP contribution in [0.1, 0.15) is 6.92 Å². The molecule has 0 saturated heterocycles. The van der Waals surface area contributed by atoms with E-state index in [4.69, 9.17) is 0 Å². The number of ether oxygens (including phenoxy) is 1. The molecule has 1 aromatic carbocycles. The summed E-state index contributed by atoms with van der Waals surface area (Å²) >= 11 is 0. The zero-order valence-electron chi connectivity index (χ0n) is 10.7. The molecule has 9 heteroatoms. The van der Waals surface area contributed by atoms with Gasteiger partial charge in [0, 0.05) is 13.1 Å². The summed E-state index contributed by atoms with van der Waals surface area (Å²) in [5.74, 6) is -0.754. The van der Waals surface area contributed by atoms with Gasteiger partial charge >= 0.3 is 6.36 Å². The van der Waals surface area contributed by atoms with Crippen LogP contribution in [-0.2, 0) is 10.0 Å². The first-order valence-electron chi connectivity index (χ1n) is 5.81. The molecule has 0 aliphatic heterocycles. The predicted octanol–water partition coefficient (Wildman–Crippen LogP) is 1.47. The van der Waals surface area contributed by atoms with Crippen molar-refractivity contribution in [3.05, 3.63) is 24.3 Å². The van der Waals surface area contributed by atoms with Gasteiger partial charge in [0.15, 0.2) is 0 Å². The Labute approximate surface area is 115 Å². The van der Waals surface area contributed by atoms with Crippen molar-refractivity contribution >= 4 is 10.0 Å². The monoisotopic (exact) mass is 312 g/mol. The van der Waals surface area contributed by atoms with Crippen molar-refractivity contribution in [2.75, 3.05) is 19.6 Å². The smallest absolute Gasteiger partial charge is 0.404 e. The van der Waals surface area contributed by atoms with E-state index in [1.165, 1.54) is 12.1 Å². The molecule has 5 nitrogen and oxygen atoms in total. The average molecular weight is 312 g/mol. The van der Waals surface area contributed by atoms with E-state index in [1.54, 1.807) is 0 Å². The molecule has 0 aromatic heterocycles. The molecule has 0 bridgehead atoms. The highest BCUT2D eigenvalue weighted by molar-refractivity contribution is 7.89. The molecule has 0 aliphatic rings. The Balaban J connectivity index is 2.89. The number of likely N-dealkylation sites (N-methyl/N-ethyl adjacent to an activating group) is 1. The molecule has 20 heavy (non-hydrogen) atoms. The van der Waals surface area contributed by atoms with E-state index >= 15 is 0 Å². The minimum absolute atomic E-state index is 0.0660. The third-order valence-electron chi connectivity index (χ3n) is 2.21. The van der Waals surface area contributed by atoms with Gasteiger partial charge in [0.25, 0.3) is 0 Å². The molecular formula is C11H15F3N2O3S. The van der Waals surface area contributed by atoms with Gasteiger partial charge < -0.3 is 10.1 Å². The topological polar surface area (TPSA) is 67.4 Å². The van der Waals surface area contributed by atoms with E-state index in [2.05, 4.69) is 14.8 Å². The maximum atomic E-state index is 12.2. The number of rotatable bonds is 7. The van der Waals surface area contributed by atoms with Crippen LogP contribution in [0, 0.1) is 0 Å². The van der Waals surface area contributed by atoms with Gasteiger partial charge in [-0.15, -0.1) is 13.2 Å². The first-order valence-corrected chi connectivity index (χ1v) is 7.30. The quantitative estimate of drug-likeness (QED) is 0.748. The Morgan fingerprint density at radius 2 is 1.85 bits per heavy atom. The van der Waals surface area contributed by atoms with Gasteiger partial charge in [0.2, 0.25) is 10.0 Å². The minimum atomic E-state index is -4.95. The third-order valence-corrected chi connectivity index (χ3v) is 3.71. The third kappa shape index (κ3) is 5.35. The van der Waals surface area contributed by atoms with Crippen LogP contribution in [0.5, 0.6) is 5.75 Å². The summed E-state index contributed by atoms with van der Waals surface area (Å²) in [7, 11) is -4.06. The second-order valence-corrected chi connectivity index (χ2v) is 5.48. The van der Waals surface area contributed by atoms with Gasteiger partial charge in [-0.05, 0) is 18.7 Å². The molecule has 0 radical (unpaired) electrons. The van der Waals surface area contributed by atoms with Gasteiger partial charge in [-0.3, -0.25) is 0 Å². The molecule has 0 heterocycles. The molecule has 1 rings (SSSR count). The summed E-state index contributed by atoms with van der Waals surface area (Å²) in [6.07, 6.45) is -4.95. The number of hydrogen-bond acceptors (Lipinski definition) is 4. The number of benzene rings is 1. The highest BCUT2D eigenvalue weighted by Crippen LogP contribution is 2.28. The molecule has 1 aromatic rings. The molecule has 0 amide bonds. The molecule has 0 aliphatic carbocycles. The van der Waals surface area contributed by atoms with E-state index in [0.717, 1.165) is 12.1 Å². The largest absolute Gasteiger partial charge is 0.573 e. The van der Waals surface area contributed by atoms with Crippen LogP contribution in [0.3, 0.4) is 0 Å². The molecule has 0 fully saturated rings. The van der Waals surface area contributed by atoms with Crippen LogP contribution in [0.4, 0.5) is 13.2 Å². The van der Waals surface area contributed by atoms with Crippen molar-refractivity contribution in [1.82, 2.24) is 10.0 Å². The Bertz CT molecular complexity index is 532. The molecule has 2 N–H and O–H groups in total. The SMILES string of the molecule is CCNCCNS(=O)(=O)c1ccccc1OC(F)(F)F. The van der Waals surface area contributed by atoms with Crippen molar-refractivity contribution in [2.45, 2.75) is 18.2 Å². The first kappa shape index (κ1) is 16.7. The van der Waals surface area contributed by atoms with Crippen LogP contribution in [0.25, 0.3) is 0 Å². The summed E-state index contributed by atoms with van der Waals surface area (Å²) in [6, 6.07) is 4.59. The fourth-order valence-corrected chi connectivity index (χ4v) is 2.57. The van der Waals surface area contributed by atoms with Crippen molar-refractivity contribution in [1.29, 1.82) is 0 Å². The fraction of sp³-hybridized carbons (Fsp3) is 0.455. The Morgan fingerprint density at radius 1 is 1.20 bits per heavy atom. The summed E-state index contributed by atoms with van der Waals surface area (Å²) in [6.45, 7) is 2.95. The zero-order chi connectivity index (χ0) is 15.2. The van der Waals surface area contributed by atoms with Gasteiger partial charge in [-0.25, -0.2) is 13.1 Å². The zero-order valence-corrected chi connectivity index (χ0v) is 11.5. The van der Waals surface area contributed by atoms with Gasteiger partial charge in [-0.2, -0.15) is 0 Å². The lowest BCUT2D eigenvalue weighted by molar-refractivity contribution is -0.275. The maximum Gasteiger partial charge on any atom is 0.573 e. The number of alkyl halides is 3. The number of nitrogens with one attached hydrogen (secondary N) is 2. The highest BCUT2D eigenvalue weighted by atomic mass is 32.2. The summed E-state index contributed by atoms with van der Waals surface area (Å²) in [5, 5.41) is 2.89. The van der Waals surface area contributed by atoms with E-state index in [9.17, 15) is 21.6 Å². The fourth-order valence-electron chi connectivity index (χ4n) is 1.41. The van der Waals surface area contributed by atoms with E-state index in [1.807, 2.05) is 6.92 Å². The average Bonchev–Trinajstić information content (AvgIpc) is 2.33. The van der Waals surface area contributed by atoms with Crippen LogP contribution in [-0.4, -0.2) is 34.4 Å². The Morgan fingerprint density at radius 3 is 2.45 bits per heavy atom. The number of para-hydroxylation sites is 1. The van der Waals surface area contributed by atoms with Gasteiger partial charge in [-0.1, -0.05) is 19.1 Å². The lowest BCUT2D eigenvalue weighted by Crippen LogP contribution is -2.32. The van der Waals surface area contributed by atoms with Crippen LogP contribution < -0.4 is 14.8 Å². The molecule has 0 saturated carbocycles. The predicted molar refractivity (Wildman–Crippen MR) is 66.9 cm³/mol. The molecule has 0 unspecified atom stereocenters. The highest BCUT2D eigenvalue weighted by Gasteiger charge is 2.33. The molecular weight excluding hydrogens is 297 g/mol. The maximum absolute atomic E-state index is 12.2. The van der Waals surface area contributed by atoms with Crippen molar-refractivity contribution in [3.63, 3.8) is 0 Å². The standard InChI is InChI=1S/C11H15F3N2O3S/c1-2-15-7-8-16-20(17,18)10-6-4-3-5-9(10)19-11(12,13)14/h3-6,15-16H,2,7-8H2,1H3. The van der Waals surface area contributed by atoms with Gasteiger partial charge in [0.1, 0.15) is 10.6 Å². The summed E-state index contributed by atoms with van der Waals surface area (Å²) in [4.78, 5) is -0.547. The van der Waals surface area contributed by atoms with Crippen LogP contribution in [0.15, 0.2) is 29.2 Å². The lowest BCUT2D eigenvalue weighted by Gasteiger charge is -2.13. The van der Waals surface area contributed by atoms with Crippen molar-refractivity contribution in [3.8, 4) is 5.75 Å². The van der Waals surface area contributed by atoms with Crippen LogP contribution >= 0.6 is 0 Å². The molecule has 0 spiro atoms. The van der Waals surface area contributed by atoms with E-state index in [-0.39, 0.29) is 6.54 Å². The van der Waals surface area contributed by atoms with Crippen molar-refractivity contribution < 1.29 is 26.3 Å². The first-order chi connectivity index (χ1) is 9.26. The molecule has 0 atom stereocenters. The second-order valence-electron chi connectivity index (χ2n) is 3.75. The normalized spacial score (nSPS) is 12.4. The Hall–Kier alpha value is -1.32. The number of sulfonamides is 1. The lowest BCUT2D eigenvalue weighted by atomic mass is 10.3. The van der Waals surface area contributed by atoms with Gasteiger partial charge in [0.05, 0.1) is 0 Å². The van der Waals surface area contributed by atoms with E-state index in [0.29, 0.717) is 13.1 Å². The molecule has 114 valence electrons. The summed E-state index contributed by atoms with van der Waals surface area (Å²) < 4.78 is 66.4. The van der Waals surface area contributed by atoms with Crippen LogP contribution in [0.2, 0.25) is 0 Å². The number of halogens is 3. The second kappa shape index (κ2) is 6.91.